The summed E-state index contributed by atoms with van der Waals surface area (Å²) in [5.41, 5.74) is 1.13. The normalized spacial score (nSPS) is 18.1. The molecule has 1 aliphatic heterocycles. The molecule has 0 saturated heterocycles. The summed E-state index contributed by atoms with van der Waals surface area (Å²) in [6.45, 7) is 0.789. The Morgan fingerprint density at radius 3 is 2.85 bits per heavy atom. The van der Waals surface area contributed by atoms with Crippen LogP contribution in [0.1, 0.15) is 12.0 Å². The standard InChI is InChI=1S/C22H21NO4/c1-25-14-21-22(24)23(15-27-21)19-9-7-18-12-20(10-8-17(18)11-19)26-13-16-5-3-2-4-6-16/h2-8,10-12,15,21H,9,13-14H2,1H3. The largest absolute Gasteiger partial charge is 0.489 e. The van der Waals surface area contributed by atoms with E-state index in [0.717, 1.165) is 27.8 Å². The molecule has 2 aliphatic rings. The molecule has 1 amide bonds. The fraction of sp³-hybridized carbons (Fsp3) is 0.227. The van der Waals surface area contributed by atoms with Crippen LogP contribution in [0.2, 0.25) is 0 Å². The minimum Gasteiger partial charge on any atom is -0.489 e. The first kappa shape index (κ1) is 17.4. The monoisotopic (exact) mass is 363 g/mol. The number of benzene rings is 2. The average molecular weight is 363 g/mol. The van der Waals surface area contributed by atoms with Gasteiger partial charge in [-0.3, -0.25) is 4.79 Å². The zero-order valence-corrected chi connectivity index (χ0v) is 15.1. The van der Waals surface area contributed by atoms with E-state index in [1.54, 1.807) is 11.7 Å². The smallest absolute Gasteiger partial charge is 0.355 e. The van der Waals surface area contributed by atoms with E-state index in [2.05, 4.69) is 6.08 Å². The lowest BCUT2D eigenvalue weighted by molar-refractivity contribution is -0.417. The van der Waals surface area contributed by atoms with Crippen molar-refractivity contribution in [3.05, 3.63) is 70.6 Å². The molecular formula is C22H21NO4. The zero-order valence-electron chi connectivity index (χ0n) is 15.1. The van der Waals surface area contributed by atoms with Crippen LogP contribution in [0.15, 0.2) is 48.5 Å². The molecule has 138 valence electrons. The van der Waals surface area contributed by atoms with Gasteiger partial charge in [-0.2, -0.15) is 0 Å². The van der Waals surface area contributed by atoms with Gasteiger partial charge in [0.25, 0.3) is 6.40 Å². The second-order valence-corrected chi connectivity index (χ2v) is 6.50. The highest BCUT2D eigenvalue weighted by Gasteiger charge is 2.34. The molecule has 0 radical (unpaired) electrons. The van der Waals surface area contributed by atoms with Gasteiger partial charge in [0, 0.05) is 13.5 Å². The summed E-state index contributed by atoms with van der Waals surface area (Å²) in [6.07, 6.45) is 5.69. The average Bonchev–Trinajstić information content (AvgIpc) is 3.07. The van der Waals surface area contributed by atoms with E-state index >= 15 is 0 Å². The number of rotatable bonds is 6. The molecule has 0 fully saturated rings. The number of hydrogen-bond donors (Lipinski definition) is 0. The number of hydrogen-bond acceptors (Lipinski definition) is 4. The molecular weight excluding hydrogens is 342 g/mol. The third-order valence-corrected chi connectivity index (χ3v) is 4.63. The summed E-state index contributed by atoms with van der Waals surface area (Å²) in [6, 6.07) is 17.0. The molecule has 0 N–H and O–H groups in total. The van der Waals surface area contributed by atoms with E-state index in [9.17, 15) is 4.79 Å². The highest BCUT2D eigenvalue weighted by molar-refractivity contribution is 5.82. The van der Waals surface area contributed by atoms with Crippen molar-refractivity contribution in [1.82, 2.24) is 0 Å². The molecule has 0 aromatic heterocycles. The van der Waals surface area contributed by atoms with Gasteiger partial charge in [0.1, 0.15) is 18.4 Å². The van der Waals surface area contributed by atoms with Crippen LogP contribution in [0, 0.1) is 6.04 Å². The lowest BCUT2D eigenvalue weighted by atomic mass is 10.0. The molecule has 0 bridgehead atoms. The fourth-order valence-electron chi connectivity index (χ4n) is 3.18. The first-order chi connectivity index (χ1) is 13.2. The Morgan fingerprint density at radius 1 is 1.19 bits per heavy atom. The van der Waals surface area contributed by atoms with Crippen LogP contribution in [0.3, 0.4) is 0 Å². The van der Waals surface area contributed by atoms with Crippen LogP contribution in [0.4, 0.5) is 0 Å². The van der Waals surface area contributed by atoms with Gasteiger partial charge >= 0.3 is 5.91 Å². The molecule has 27 heavy (non-hydrogen) atoms. The van der Waals surface area contributed by atoms with Gasteiger partial charge in [-0.05, 0) is 17.7 Å². The van der Waals surface area contributed by atoms with E-state index < -0.39 is 6.10 Å². The summed E-state index contributed by atoms with van der Waals surface area (Å²) < 4.78 is 17.9. The molecule has 1 unspecified atom stereocenters. The van der Waals surface area contributed by atoms with Crippen molar-refractivity contribution >= 4 is 24.5 Å². The summed E-state index contributed by atoms with van der Waals surface area (Å²) in [5, 5.41) is 2.16. The molecule has 5 heteroatoms. The maximum Gasteiger partial charge on any atom is 0.355 e. The minimum atomic E-state index is -0.564. The Labute approximate surface area is 157 Å². The van der Waals surface area contributed by atoms with Crippen LogP contribution in [-0.4, -0.2) is 36.7 Å². The van der Waals surface area contributed by atoms with Crippen molar-refractivity contribution in [3.8, 4) is 5.75 Å². The van der Waals surface area contributed by atoms with Crippen LogP contribution >= 0.6 is 0 Å². The number of carbonyl (C=O) groups is 1. The van der Waals surface area contributed by atoms with Crippen LogP contribution in [0.5, 0.6) is 5.75 Å². The van der Waals surface area contributed by atoms with Crippen molar-refractivity contribution < 1.29 is 23.6 Å². The lowest BCUT2D eigenvalue weighted by Crippen LogP contribution is -2.35. The quantitative estimate of drug-likeness (QED) is 0.575. The Balaban J connectivity index is 1.48. The summed E-state index contributed by atoms with van der Waals surface area (Å²) in [5.74, 6) is 0.737. The van der Waals surface area contributed by atoms with Crippen molar-refractivity contribution in [1.29, 1.82) is 0 Å². The molecule has 2 aromatic rings. The zero-order chi connectivity index (χ0) is 18.6. The molecule has 0 saturated carbocycles. The maximum absolute atomic E-state index is 12.4. The van der Waals surface area contributed by atoms with Gasteiger partial charge in [-0.15, -0.1) is 0 Å². The van der Waals surface area contributed by atoms with Crippen molar-refractivity contribution in [2.75, 3.05) is 13.7 Å². The predicted molar refractivity (Wildman–Crippen MR) is 101 cm³/mol. The second kappa shape index (κ2) is 7.68. The van der Waals surface area contributed by atoms with Crippen molar-refractivity contribution in [2.24, 2.45) is 0 Å². The van der Waals surface area contributed by atoms with E-state index in [1.807, 2.05) is 54.6 Å². The van der Waals surface area contributed by atoms with E-state index in [1.165, 1.54) is 6.40 Å². The highest BCUT2D eigenvalue weighted by atomic mass is 16.5. The molecule has 0 spiro atoms. The fourth-order valence-corrected chi connectivity index (χ4v) is 3.18. The molecule has 1 aliphatic carbocycles. The Bertz CT molecular complexity index is 981. The minimum absolute atomic E-state index is 0.0947. The first-order valence-electron chi connectivity index (χ1n) is 8.90. The highest BCUT2D eigenvalue weighted by Crippen LogP contribution is 2.18. The van der Waals surface area contributed by atoms with E-state index in [-0.39, 0.29) is 12.5 Å². The lowest BCUT2D eigenvalue weighted by Gasteiger charge is -2.16. The number of methoxy groups -OCH3 is 1. The Kier molecular flexibility index (Phi) is 4.94. The van der Waals surface area contributed by atoms with Gasteiger partial charge < -0.3 is 14.2 Å². The van der Waals surface area contributed by atoms with Gasteiger partial charge in [-0.25, -0.2) is 4.58 Å². The van der Waals surface area contributed by atoms with Gasteiger partial charge in [0.15, 0.2) is 0 Å². The Morgan fingerprint density at radius 2 is 2.04 bits per heavy atom. The third kappa shape index (κ3) is 3.73. The molecule has 1 heterocycles. The van der Waals surface area contributed by atoms with Crippen molar-refractivity contribution in [3.63, 3.8) is 0 Å². The number of carbonyl (C=O) groups excluding carboxylic acids is 1. The van der Waals surface area contributed by atoms with Crippen molar-refractivity contribution in [2.45, 2.75) is 19.1 Å². The van der Waals surface area contributed by atoms with Crippen LogP contribution in [0.25, 0.3) is 12.2 Å². The Hall–Kier alpha value is -3.05. The predicted octanol–water partition coefficient (Wildman–Crippen LogP) is 1.37. The van der Waals surface area contributed by atoms with E-state index in [4.69, 9.17) is 14.2 Å². The van der Waals surface area contributed by atoms with Crippen LogP contribution < -0.4 is 15.2 Å². The number of fused-ring (bicyclic) bond motifs is 1. The maximum atomic E-state index is 12.4. The number of amides is 1. The number of nitrogens with zero attached hydrogens (tertiary/aromatic N) is 1. The summed E-state index contributed by atoms with van der Waals surface area (Å²) in [4.78, 5) is 12.4. The molecule has 4 rings (SSSR count). The third-order valence-electron chi connectivity index (χ3n) is 4.63. The topological polar surface area (TPSA) is 47.8 Å². The SMILES string of the molecule is COCC1OC=[N+]([C-]2C=c3ccc(OCc4ccccc4)cc3=CC2)C1=O. The summed E-state index contributed by atoms with van der Waals surface area (Å²) in [7, 11) is 1.56. The molecule has 5 nitrogen and oxygen atoms in total. The van der Waals surface area contributed by atoms with Gasteiger partial charge in [0.2, 0.25) is 6.10 Å². The molecule has 2 aromatic carbocycles. The van der Waals surface area contributed by atoms with E-state index in [0.29, 0.717) is 13.0 Å². The number of ether oxygens (including phenoxy) is 3. The summed E-state index contributed by atoms with van der Waals surface area (Å²) >= 11 is 0. The van der Waals surface area contributed by atoms with Crippen LogP contribution in [-0.2, 0) is 20.9 Å². The first-order valence-corrected chi connectivity index (χ1v) is 8.90. The molecule has 1 atom stereocenters. The van der Waals surface area contributed by atoms with Gasteiger partial charge in [-0.1, -0.05) is 59.0 Å². The van der Waals surface area contributed by atoms with Gasteiger partial charge in [0.05, 0.1) is 6.61 Å². The second-order valence-electron chi connectivity index (χ2n) is 6.50.